The zero-order valence-electron chi connectivity index (χ0n) is 15.3. The van der Waals surface area contributed by atoms with Crippen LogP contribution in [0.5, 0.6) is 5.75 Å². The fraction of sp³-hybridized carbons (Fsp3) is 0.647. The number of anilines is 1. The van der Waals surface area contributed by atoms with E-state index in [-0.39, 0.29) is 0 Å². The lowest BCUT2D eigenvalue weighted by Gasteiger charge is -2.43. The molecule has 1 rings (SSSR count). The number of rotatable bonds is 6. The van der Waals surface area contributed by atoms with Crippen molar-refractivity contribution >= 4 is 29.4 Å². The monoisotopic (exact) mass is 323 g/mol. The van der Waals surface area contributed by atoms with Gasteiger partial charge in [0.1, 0.15) is 5.75 Å². The molecule has 1 aromatic rings. The van der Waals surface area contributed by atoms with Gasteiger partial charge in [-0.05, 0) is 28.8 Å². The van der Waals surface area contributed by atoms with Crippen molar-refractivity contribution in [3.63, 3.8) is 0 Å². The lowest BCUT2D eigenvalue weighted by atomic mass is 10.3. The Morgan fingerprint density at radius 3 is 1.81 bits per heavy atom. The van der Waals surface area contributed by atoms with Crippen LogP contribution in [0.15, 0.2) is 18.2 Å². The molecule has 0 saturated heterocycles. The maximum absolute atomic E-state index is 6.88. The van der Waals surface area contributed by atoms with Gasteiger partial charge in [0, 0.05) is 24.3 Å². The van der Waals surface area contributed by atoms with Gasteiger partial charge in [-0.3, -0.25) is 0 Å². The van der Waals surface area contributed by atoms with Crippen LogP contribution in [0, 0.1) is 0 Å². The summed E-state index contributed by atoms with van der Waals surface area (Å²) in [5.41, 5.74) is 3.01. The van der Waals surface area contributed by atoms with Gasteiger partial charge in [-0.2, -0.15) is 0 Å². The van der Waals surface area contributed by atoms with Crippen molar-refractivity contribution < 1.29 is 4.43 Å². The third-order valence-electron chi connectivity index (χ3n) is 4.59. The molecule has 0 unspecified atom stereocenters. The minimum atomic E-state index is -1.88. The lowest BCUT2D eigenvalue weighted by Crippen LogP contribution is -2.51. The van der Waals surface area contributed by atoms with Gasteiger partial charge in [-0.1, -0.05) is 52.8 Å². The molecule has 0 radical (unpaired) electrons. The summed E-state index contributed by atoms with van der Waals surface area (Å²) in [5.74, 6) is 1.09. The third kappa shape index (κ3) is 3.72. The molecule has 0 fully saturated rings. The Kier molecular flexibility index (Phi) is 6.11. The molecule has 2 nitrogen and oxygen atoms in total. The molecule has 0 aliphatic carbocycles. The molecule has 0 atom stereocenters. The lowest BCUT2D eigenvalue weighted by molar-refractivity contribution is 0.480. The Labute approximate surface area is 135 Å². The molecular formula is C17H33NOSi2. The molecule has 0 amide bonds. The predicted molar refractivity (Wildman–Crippen MR) is 102 cm³/mol. The molecule has 0 spiro atoms. The minimum Gasteiger partial charge on any atom is -0.541 e. The van der Waals surface area contributed by atoms with Crippen molar-refractivity contribution in [1.29, 1.82) is 0 Å². The zero-order valence-corrected chi connectivity index (χ0v) is 18.3. The topological polar surface area (TPSA) is 12.5 Å². The molecule has 0 heterocycles. The first kappa shape index (κ1) is 18.3. The SMILES string of the molecule is CC(C)[Si](Oc1cc([SiH3])ccc1N(C)C)(C(C)C)C(C)C. The fourth-order valence-electron chi connectivity index (χ4n) is 3.62. The zero-order chi connectivity index (χ0) is 16.4. The number of benzene rings is 1. The summed E-state index contributed by atoms with van der Waals surface area (Å²) in [6.45, 7) is 14.0. The Hall–Kier alpha value is -0.746. The van der Waals surface area contributed by atoms with Crippen LogP contribution in [0.25, 0.3) is 0 Å². The van der Waals surface area contributed by atoms with E-state index >= 15 is 0 Å². The number of hydrogen-bond acceptors (Lipinski definition) is 2. The Balaban J connectivity index is 3.36. The fourth-order valence-corrected chi connectivity index (χ4v) is 9.30. The van der Waals surface area contributed by atoms with Crippen LogP contribution in [0.2, 0.25) is 16.6 Å². The molecule has 4 heteroatoms. The molecule has 0 N–H and O–H groups in total. The summed E-state index contributed by atoms with van der Waals surface area (Å²) in [6.07, 6.45) is 0. The van der Waals surface area contributed by atoms with Crippen molar-refractivity contribution in [2.24, 2.45) is 0 Å². The molecule has 0 saturated carbocycles. The van der Waals surface area contributed by atoms with E-state index in [2.05, 4.69) is 78.7 Å². The van der Waals surface area contributed by atoms with E-state index in [9.17, 15) is 0 Å². The smallest absolute Gasteiger partial charge is 0.258 e. The van der Waals surface area contributed by atoms with Gasteiger partial charge in [-0.25, -0.2) is 0 Å². The largest absolute Gasteiger partial charge is 0.541 e. The highest BCUT2D eigenvalue weighted by atomic mass is 28.4. The van der Waals surface area contributed by atoms with E-state index in [4.69, 9.17) is 4.43 Å². The summed E-state index contributed by atoms with van der Waals surface area (Å²) in [6, 6.07) is 6.69. The van der Waals surface area contributed by atoms with Crippen molar-refractivity contribution in [2.45, 2.75) is 58.2 Å². The minimum absolute atomic E-state index is 0.602. The first-order valence-electron chi connectivity index (χ1n) is 8.09. The van der Waals surface area contributed by atoms with E-state index in [0.717, 1.165) is 16.0 Å². The average molecular weight is 324 g/mol. The number of hydrogen-bond donors (Lipinski definition) is 0. The molecule has 0 aliphatic heterocycles. The Morgan fingerprint density at radius 2 is 1.43 bits per heavy atom. The molecule has 0 aromatic heterocycles. The van der Waals surface area contributed by atoms with Gasteiger partial charge < -0.3 is 9.33 Å². The summed E-state index contributed by atoms with van der Waals surface area (Å²) in [7, 11) is 3.37. The maximum Gasteiger partial charge on any atom is 0.258 e. The van der Waals surface area contributed by atoms with Gasteiger partial charge >= 0.3 is 0 Å². The molecular weight excluding hydrogens is 290 g/mol. The average Bonchev–Trinajstić information content (AvgIpc) is 2.34. The molecule has 0 bridgehead atoms. The van der Waals surface area contributed by atoms with E-state index in [1.807, 2.05) is 0 Å². The maximum atomic E-state index is 6.88. The Bertz CT molecular complexity index is 448. The second-order valence-electron chi connectivity index (χ2n) is 7.29. The van der Waals surface area contributed by atoms with E-state index in [1.165, 1.54) is 10.9 Å². The summed E-state index contributed by atoms with van der Waals surface area (Å²) in [4.78, 5) is 2.16. The highest BCUT2D eigenvalue weighted by molar-refractivity contribution is 6.78. The van der Waals surface area contributed by atoms with Gasteiger partial charge in [0.15, 0.2) is 0 Å². The van der Waals surface area contributed by atoms with E-state index in [0.29, 0.717) is 16.6 Å². The number of nitrogens with zero attached hydrogens (tertiary/aromatic N) is 1. The highest BCUT2D eigenvalue weighted by Crippen LogP contribution is 2.44. The second-order valence-corrected chi connectivity index (χ2v) is 13.8. The van der Waals surface area contributed by atoms with E-state index < -0.39 is 8.32 Å². The van der Waals surface area contributed by atoms with Crippen LogP contribution in [0.1, 0.15) is 41.5 Å². The third-order valence-corrected chi connectivity index (χ3v) is 11.2. The normalized spacial score (nSPS) is 12.5. The molecule has 120 valence electrons. The van der Waals surface area contributed by atoms with Crippen LogP contribution >= 0.6 is 0 Å². The van der Waals surface area contributed by atoms with Crippen LogP contribution in [0.3, 0.4) is 0 Å². The van der Waals surface area contributed by atoms with Crippen LogP contribution in [-0.2, 0) is 0 Å². The van der Waals surface area contributed by atoms with Crippen LogP contribution in [-0.4, -0.2) is 32.7 Å². The van der Waals surface area contributed by atoms with Gasteiger partial charge in [0.25, 0.3) is 8.32 Å². The second kappa shape index (κ2) is 7.01. The van der Waals surface area contributed by atoms with Crippen molar-refractivity contribution in [2.75, 3.05) is 19.0 Å². The summed E-state index contributed by atoms with van der Waals surface area (Å²) in [5, 5.41) is 1.40. The van der Waals surface area contributed by atoms with Crippen molar-refractivity contribution in [3.8, 4) is 5.75 Å². The van der Waals surface area contributed by atoms with Crippen LogP contribution < -0.4 is 14.5 Å². The first-order chi connectivity index (χ1) is 9.62. The van der Waals surface area contributed by atoms with Crippen molar-refractivity contribution in [1.82, 2.24) is 0 Å². The Morgan fingerprint density at radius 1 is 0.952 bits per heavy atom. The first-order valence-corrected chi connectivity index (χ1v) is 11.2. The summed E-state index contributed by atoms with van der Waals surface area (Å²) >= 11 is 0. The molecule has 21 heavy (non-hydrogen) atoms. The van der Waals surface area contributed by atoms with Crippen LogP contribution in [0.4, 0.5) is 5.69 Å². The van der Waals surface area contributed by atoms with Crippen molar-refractivity contribution in [3.05, 3.63) is 18.2 Å². The van der Waals surface area contributed by atoms with E-state index in [1.54, 1.807) is 0 Å². The predicted octanol–water partition coefficient (Wildman–Crippen LogP) is 3.30. The van der Waals surface area contributed by atoms with Gasteiger partial charge in [0.2, 0.25) is 0 Å². The summed E-state index contributed by atoms with van der Waals surface area (Å²) < 4.78 is 6.88. The molecule has 0 aliphatic rings. The van der Waals surface area contributed by atoms with Gasteiger partial charge in [-0.15, -0.1) is 0 Å². The quantitative estimate of drug-likeness (QED) is 0.745. The van der Waals surface area contributed by atoms with Gasteiger partial charge in [0.05, 0.1) is 5.69 Å². The molecule has 1 aromatic carbocycles. The highest BCUT2D eigenvalue weighted by Gasteiger charge is 2.47. The standard InChI is InChI=1S/C17H33NOSi2/c1-12(2)21(13(3)4,14(5)6)19-17-11-15(20)9-10-16(17)18(7)8/h9-14H,1-8,20H3.